The van der Waals surface area contributed by atoms with Gasteiger partial charge in [-0.2, -0.15) is 0 Å². The molecule has 0 spiro atoms. The molecule has 2 amide bonds. The maximum Gasteiger partial charge on any atom is 0.274 e. The Morgan fingerprint density at radius 2 is 1.62 bits per heavy atom. The number of halogens is 1. The van der Waals surface area contributed by atoms with Crippen LogP contribution < -0.4 is 10.4 Å². The average molecular weight is 375 g/mol. The number of carbonyl (C=O) groups excluding carboxylic acids is 2. The molecular weight excluding hydrogens is 352 g/mol. The van der Waals surface area contributed by atoms with Gasteiger partial charge < -0.3 is 0 Å². The Labute approximate surface area is 158 Å². The lowest BCUT2D eigenvalue weighted by Crippen LogP contribution is -2.35. The molecular formula is C20H23ClN2O3. The SMILES string of the molecule is CCC(C)(C)ONC(=O)c1ccc(N(C(=O)CCl)c2ccccc2)cc1. The highest BCUT2D eigenvalue weighted by molar-refractivity contribution is 6.30. The van der Waals surface area contributed by atoms with E-state index in [1.54, 1.807) is 24.3 Å². The summed E-state index contributed by atoms with van der Waals surface area (Å²) in [5.74, 6) is -0.729. The number of rotatable bonds is 7. The Hall–Kier alpha value is -2.37. The van der Waals surface area contributed by atoms with Crippen molar-refractivity contribution in [2.75, 3.05) is 10.8 Å². The Morgan fingerprint density at radius 3 is 2.15 bits per heavy atom. The van der Waals surface area contributed by atoms with Crippen LogP contribution in [-0.4, -0.2) is 23.3 Å². The third kappa shape index (κ3) is 5.07. The smallest absolute Gasteiger partial charge is 0.274 e. The van der Waals surface area contributed by atoms with E-state index in [1.165, 1.54) is 4.90 Å². The first-order valence-corrected chi connectivity index (χ1v) is 8.94. The number of anilines is 2. The van der Waals surface area contributed by atoms with E-state index in [0.29, 0.717) is 16.9 Å². The highest BCUT2D eigenvalue weighted by Gasteiger charge is 2.19. The second-order valence-electron chi connectivity index (χ2n) is 6.39. The van der Waals surface area contributed by atoms with Crippen molar-refractivity contribution in [2.45, 2.75) is 32.8 Å². The van der Waals surface area contributed by atoms with Crippen LogP contribution in [0.2, 0.25) is 0 Å². The zero-order valence-electron chi connectivity index (χ0n) is 15.2. The summed E-state index contributed by atoms with van der Waals surface area (Å²) in [6.45, 7) is 5.77. The topological polar surface area (TPSA) is 58.6 Å². The lowest BCUT2D eigenvalue weighted by Gasteiger charge is -2.23. The minimum absolute atomic E-state index is 0.142. The van der Waals surface area contributed by atoms with Gasteiger partial charge in [-0.05, 0) is 56.7 Å². The van der Waals surface area contributed by atoms with Gasteiger partial charge in [0.15, 0.2) is 0 Å². The molecule has 0 fully saturated rings. The molecule has 0 aromatic heterocycles. The highest BCUT2D eigenvalue weighted by atomic mass is 35.5. The van der Waals surface area contributed by atoms with Gasteiger partial charge in [-0.3, -0.25) is 19.3 Å². The molecule has 0 unspecified atom stereocenters. The fourth-order valence-electron chi connectivity index (χ4n) is 2.15. The van der Waals surface area contributed by atoms with E-state index in [-0.39, 0.29) is 17.7 Å². The first-order chi connectivity index (χ1) is 12.4. The third-order valence-electron chi connectivity index (χ3n) is 4.04. The van der Waals surface area contributed by atoms with Crippen molar-refractivity contribution in [1.82, 2.24) is 5.48 Å². The summed E-state index contributed by atoms with van der Waals surface area (Å²) in [5.41, 5.74) is 3.81. The molecule has 0 aliphatic rings. The van der Waals surface area contributed by atoms with Crippen LogP contribution in [0.25, 0.3) is 0 Å². The number of amides is 2. The number of nitrogens with one attached hydrogen (secondary N) is 1. The maximum absolute atomic E-state index is 12.3. The molecule has 2 aromatic rings. The van der Waals surface area contributed by atoms with E-state index in [1.807, 2.05) is 51.1 Å². The molecule has 0 aliphatic heterocycles. The molecule has 0 atom stereocenters. The highest BCUT2D eigenvalue weighted by Crippen LogP contribution is 2.26. The second kappa shape index (κ2) is 8.83. The Bertz CT molecular complexity index is 745. The molecule has 0 aliphatic carbocycles. The number of hydroxylamine groups is 1. The molecule has 1 N–H and O–H groups in total. The van der Waals surface area contributed by atoms with Crippen molar-refractivity contribution in [3.8, 4) is 0 Å². The quantitative estimate of drug-likeness (QED) is 0.575. The van der Waals surface area contributed by atoms with E-state index in [4.69, 9.17) is 16.4 Å². The van der Waals surface area contributed by atoms with E-state index >= 15 is 0 Å². The van der Waals surface area contributed by atoms with Gasteiger partial charge in [0.2, 0.25) is 5.91 Å². The number of alkyl halides is 1. The zero-order chi connectivity index (χ0) is 19.2. The predicted molar refractivity (Wildman–Crippen MR) is 104 cm³/mol. The standard InChI is InChI=1S/C20H23ClN2O3/c1-4-20(2,3)26-22-19(25)15-10-12-17(13-11-15)23(18(24)14-21)16-8-6-5-7-9-16/h5-13H,4,14H2,1-3H3,(H,22,25). The number of carbonyl (C=O) groups is 2. The van der Waals surface area contributed by atoms with Crippen LogP contribution in [0.15, 0.2) is 54.6 Å². The van der Waals surface area contributed by atoms with Crippen LogP contribution in [0.5, 0.6) is 0 Å². The lowest BCUT2D eigenvalue weighted by atomic mass is 10.1. The van der Waals surface area contributed by atoms with Gasteiger partial charge in [0.1, 0.15) is 5.88 Å². The van der Waals surface area contributed by atoms with E-state index in [2.05, 4.69) is 5.48 Å². The van der Waals surface area contributed by atoms with Gasteiger partial charge in [-0.15, -0.1) is 11.6 Å². The lowest BCUT2D eigenvalue weighted by molar-refractivity contribution is -0.115. The molecule has 0 saturated carbocycles. The Balaban J connectivity index is 2.18. The van der Waals surface area contributed by atoms with Gasteiger partial charge in [0.05, 0.1) is 5.60 Å². The minimum Gasteiger partial charge on any atom is -0.280 e. The van der Waals surface area contributed by atoms with Crippen molar-refractivity contribution < 1.29 is 14.4 Å². The molecule has 2 aromatic carbocycles. The summed E-state index contributed by atoms with van der Waals surface area (Å²) in [6.07, 6.45) is 0.763. The van der Waals surface area contributed by atoms with Crippen molar-refractivity contribution in [3.63, 3.8) is 0 Å². The fraction of sp³-hybridized carbons (Fsp3) is 0.300. The first-order valence-electron chi connectivity index (χ1n) is 8.40. The van der Waals surface area contributed by atoms with Crippen LogP contribution >= 0.6 is 11.6 Å². The van der Waals surface area contributed by atoms with Crippen LogP contribution in [0.4, 0.5) is 11.4 Å². The van der Waals surface area contributed by atoms with Gasteiger partial charge in [-0.25, -0.2) is 5.48 Å². The summed E-state index contributed by atoms with van der Waals surface area (Å²) in [5, 5.41) is 0. The number of hydrogen-bond acceptors (Lipinski definition) is 3. The van der Waals surface area contributed by atoms with Gasteiger partial charge in [-0.1, -0.05) is 25.1 Å². The van der Waals surface area contributed by atoms with Crippen LogP contribution in [0.3, 0.4) is 0 Å². The van der Waals surface area contributed by atoms with Crippen molar-refractivity contribution in [1.29, 1.82) is 0 Å². The largest absolute Gasteiger partial charge is 0.280 e. The molecule has 26 heavy (non-hydrogen) atoms. The number of hydrogen-bond donors (Lipinski definition) is 1. The monoisotopic (exact) mass is 374 g/mol. The molecule has 5 nitrogen and oxygen atoms in total. The van der Waals surface area contributed by atoms with Crippen molar-refractivity contribution in [3.05, 3.63) is 60.2 Å². The fourth-order valence-corrected chi connectivity index (χ4v) is 2.27. The number of benzene rings is 2. The molecule has 6 heteroatoms. The normalized spacial score (nSPS) is 11.1. The summed E-state index contributed by atoms with van der Waals surface area (Å²) < 4.78 is 0. The minimum atomic E-state index is -0.438. The number of nitrogens with zero attached hydrogens (tertiary/aromatic N) is 1. The van der Waals surface area contributed by atoms with Crippen LogP contribution in [-0.2, 0) is 9.63 Å². The van der Waals surface area contributed by atoms with Gasteiger partial charge >= 0.3 is 0 Å². The van der Waals surface area contributed by atoms with E-state index in [0.717, 1.165) is 6.42 Å². The van der Waals surface area contributed by atoms with Crippen molar-refractivity contribution >= 4 is 34.8 Å². The number of para-hydroxylation sites is 1. The van der Waals surface area contributed by atoms with Crippen LogP contribution in [0.1, 0.15) is 37.6 Å². The summed E-state index contributed by atoms with van der Waals surface area (Å²) in [7, 11) is 0. The molecule has 138 valence electrons. The van der Waals surface area contributed by atoms with Crippen LogP contribution in [0, 0.1) is 0 Å². The molecule has 0 heterocycles. The predicted octanol–water partition coefficient (Wildman–Crippen LogP) is 4.44. The maximum atomic E-state index is 12.3. The summed E-state index contributed by atoms with van der Waals surface area (Å²) in [4.78, 5) is 31.4. The van der Waals surface area contributed by atoms with E-state index in [9.17, 15) is 9.59 Å². The third-order valence-corrected chi connectivity index (χ3v) is 4.27. The zero-order valence-corrected chi connectivity index (χ0v) is 15.9. The molecule has 0 saturated heterocycles. The van der Waals surface area contributed by atoms with E-state index < -0.39 is 5.60 Å². The van der Waals surface area contributed by atoms with Gasteiger partial charge in [0, 0.05) is 16.9 Å². The summed E-state index contributed by atoms with van der Waals surface area (Å²) >= 11 is 5.75. The molecule has 2 rings (SSSR count). The second-order valence-corrected chi connectivity index (χ2v) is 6.66. The van der Waals surface area contributed by atoms with Gasteiger partial charge in [0.25, 0.3) is 5.91 Å². The molecule has 0 radical (unpaired) electrons. The first kappa shape index (κ1) is 19.9. The average Bonchev–Trinajstić information content (AvgIpc) is 2.67. The van der Waals surface area contributed by atoms with Crippen molar-refractivity contribution in [2.24, 2.45) is 0 Å². The Kier molecular flexibility index (Phi) is 6.77. The summed E-state index contributed by atoms with van der Waals surface area (Å²) in [6, 6.07) is 15.9. The Morgan fingerprint density at radius 1 is 1.04 bits per heavy atom. The molecule has 0 bridgehead atoms.